The van der Waals surface area contributed by atoms with E-state index in [4.69, 9.17) is 4.74 Å². The molecule has 1 aromatic heterocycles. The first-order valence-corrected chi connectivity index (χ1v) is 6.83. The lowest BCUT2D eigenvalue weighted by atomic mass is 10.2. The molecule has 2 rings (SSSR count). The summed E-state index contributed by atoms with van der Waals surface area (Å²) in [5.41, 5.74) is 1.25. The number of hydrogen-bond acceptors (Lipinski definition) is 5. The first kappa shape index (κ1) is 13.5. The van der Waals surface area contributed by atoms with Gasteiger partial charge in [-0.25, -0.2) is 9.78 Å². The predicted octanol–water partition coefficient (Wildman–Crippen LogP) is 2.82. The van der Waals surface area contributed by atoms with Gasteiger partial charge in [-0.1, -0.05) is 18.3 Å². The zero-order chi connectivity index (χ0) is 13.8. The lowest BCUT2D eigenvalue weighted by Crippen LogP contribution is -2.08. The molecule has 0 fully saturated rings. The third kappa shape index (κ3) is 3.08. The van der Waals surface area contributed by atoms with Crippen LogP contribution in [0.1, 0.15) is 30.6 Å². The van der Waals surface area contributed by atoms with Gasteiger partial charge in [-0.2, -0.15) is 0 Å². The molecule has 100 valence electrons. The van der Waals surface area contributed by atoms with Crippen molar-refractivity contribution in [1.82, 2.24) is 4.98 Å². The molecular weight excluding hydrogens is 264 g/mol. The molecule has 0 atom stereocenters. The van der Waals surface area contributed by atoms with Gasteiger partial charge in [0.2, 0.25) is 5.91 Å². The van der Waals surface area contributed by atoms with E-state index in [9.17, 15) is 9.59 Å². The lowest BCUT2D eigenvalue weighted by molar-refractivity contribution is -0.115. The average Bonchev–Trinajstić information content (AvgIpc) is 2.79. The summed E-state index contributed by atoms with van der Waals surface area (Å²) in [6.45, 7) is 3.89. The quantitative estimate of drug-likeness (QED) is 0.873. The maximum atomic E-state index is 11.6. The normalized spacial score (nSPS) is 10.4. The molecule has 0 saturated heterocycles. The SMILES string of the molecule is CCOC(=O)c1ccc2nc(NC(=O)CC)sc2c1. The second-order valence-electron chi connectivity index (χ2n) is 3.82. The summed E-state index contributed by atoms with van der Waals surface area (Å²) in [6.07, 6.45) is 0.407. The van der Waals surface area contributed by atoms with E-state index < -0.39 is 0 Å². The van der Waals surface area contributed by atoms with E-state index in [1.807, 2.05) is 0 Å². The number of nitrogens with zero attached hydrogens (tertiary/aromatic N) is 1. The highest BCUT2D eigenvalue weighted by Crippen LogP contribution is 2.27. The van der Waals surface area contributed by atoms with Crippen molar-refractivity contribution in [2.24, 2.45) is 0 Å². The van der Waals surface area contributed by atoms with Crippen molar-refractivity contribution in [3.05, 3.63) is 23.8 Å². The lowest BCUT2D eigenvalue weighted by Gasteiger charge is -2.00. The average molecular weight is 278 g/mol. The van der Waals surface area contributed by atoms with Crippen LogP contribution in [0.4, 0.5) is 5.13 Å². The number of esters is 1. The number of benzene rings is 1. The maximum absolute atomic E-state index is 11.6. The fraction of sp³-hybridized carbons (Fsp3) is 0.308. The molecule has 0 radical (unpaired) electrons. The fourth-order valence-corrected chi connectivity index (χ4v) is 2.45. The van der Waals surface area contributed by atoms with Crippen LogP contribution in [0.2, 0.25) is 0 Å². The van der Waals surface area contributed by atoms with Crippen molar-refractivity contribution in [3.63, 3.8) is 0 Å². The van der Waals surface area contributed by atoms with Crippen molar-refractivity contribution >= 4 is 38.6 Å². The summed E-state index contributed by atoms with van der Waals surface area (Å²) in [6, 6.07) is 5.15. The summed E-state index contributed by atoms with van der Waals surface area (Å²) in [5.74, 6) is -0.429. The Morgan fingerprint density at radius 1 is 1.37 bits per heavy atom. The standard InChI is InChI=1S/C13H14N2O3S/c1-3-11(16)15-13-14-9-6-5-8(7-10(9)19-13)12(17)18-4-2/h5-7H,3-4H2,1-2H3,(H,14,15,16). The van der Waals surface area contributed by atoms with E-state index in [-0.39, 0.29) is 11.9 Å². The number of rotatable bonds is 4. The molecule has 0 aliphatic rings. The maximum Gasteiger partial charge on any atom is 0.338 e. The Hall–Kier alpha value is -1.95. The summed E-state index contributed by atoms with van der Waals surface area (Å²) in [4.78, 5) is 27.2. The minimum Gasteiger partial charge on any atom is -0.462 e. The zero-order valence-electron chi connectivity index (χ0n) is 10.7. The Morgan fingerprint density at radius 2 is 2.16 bits per heavy atom. The molecule has 19 heavy (non-hydrogen) atoms. The molecule has 0 bridgehead atoms. The summed E-state index contributed by atoms with van der Waals surface area (Å²) >= 11 is 1.34. The monoisotopic (exact) mass is 278 g/mol. The van der Waals surface area contributed by atoms with E-state index in [1.54, 1.807) is 32.0 Å². The van der Waals surface area contributed by atoms with Crippen LogP contribution in [-0.4, -0.2) is 23.5 Å². The number of nitrogens with one attached hydrogen (secondary N) is 1. The molecule has 0 spiro atoms. The summed E-state index contributed by atoms with van der Waals surface area (Å²) in [7, 11) is 0. The number of ether oxygens (including phenoxy) is 1. The van der Waals surface area contributed by atoms with Crippen LogP contribution in [-0.2, 0) is 9.53 Å². The Bertz CT molecular complexity index is 621. The molecule has 0 unspecified atom stereocenters. The van der Waals surface area contributed by atoms with E-state index in [2.05, 4.69) is 10.3 Å². The molecule has 6 heteroatoms. The molecule has 1 aromatic carbocycles. The van der Waals surface area contributed by atoms with Gasteiger partial charge >= 0.3 is 5.97 Å². The van der Waals surface area contributed by atoms with E-state index in [0.717, 1.165) is 10.2 Å². The highest BCUT2D eigenvalue weighted by atomic mass is 32.1. The number of amides is 1. The minimum absolute atomic E-state index is 0.0790. The number of aromatic nitrogens is 1. The van der Waals surface area contributed by atoms with Crippen LogP contribution in [0, 0.1) is 0 Å². The third-order valence-electron chi connectivity index (χ3n) is 2.47. The van der Waals surface area contributed by atoms with Crippen LogP contribution in [0.15, 0.2) is 18.2 Å². The van der Waals surface area contributed by atoms with Gasteiger partial charge in [0.05, 0.1) is 22.4 Å². The van der Waals surface area contributed by atoms with E-state index in [1.165, 1.54) is 11.3 Å². The zero-order valence-corrected chi connectivity index (χ0v) is 11.5. The molecule has 0 aliphatic heterocycles. The Labute approximate surface area is 114 Å². The first-order valence-electron chi connectivity index (χ1n) is 6.01. The largest absolute Gasteiger partial charge is 0.462 e. The number of carbonyl (C=O) groups is 2. The summed E-state index contributed by atoms with van der Waals surface area (Å²) < 4.78 is 5.79. The predicted molar refractivity (Wildman–Crippen MR) is 74.5 cm³/mol. The van der Waals surface area contributed by atoms with Crippen LogP contribution in [0.25, 0.3) is 10.2 Å². The second kappa shape index (κ2) is 5.79. The Morgan fingerprint density at radius 3 is 2.84 bits per heavy atom. The van der Waals surface area contributed by atoms with Crippen LogP contribution >= 0.6 is 11.3 Å². The number of hydrogen-bond donors (Lipinski definition) is 1. The molecule has 0 saturated carbocycles. The number of thiazole rings is 1. The minimum atomic E-state index is -0.350. The number of carbonyl (C=O) groups excluding carboxylic acids is 2. The van der Waals surface area contributed by atoms with Crippen LogP contribution in [0.3, 0.4) is 0 Å². The van der Waals surface area contributed by atoms with Gasteiger partial charge in [-0.3, -0.25) is 4.79 Å². The number of fused-ring (bicyclic) bond motifs is 1. The molecule has 1 N–H and O–H groups in total. The molecular formula is C13H14N2O3S. The molecule has 0 aliphatic carbocycles. The van der Waals surface area contributed by atoms with Crippen molar-refractivity contribution in [1.29, 1.82) is 0 Å². The van der Waals surface area contributed by atoms with Crippen molar-refractivity contribution in [2.45, 2.75) is 20.3 Å². The van der Waals surface area contributed by atoms with Crippen molar-refractivity contribution in [2.75, 3.05) is 11.9 Å². The fourth-order valence-electron chi connectivity index (χ4n) is 1.53. The second-order valence-corrected chi connectivity index (χ2v) is 4.85. The molecule has 5 nitrogen and oxygen atoms in total. The van der Waals surface area contributed by atoms with Gasteiger partial charge in [0.1, 0.15) is 0 Å². The van der Waals surface area contributed by atoms with Gasteiger partial charge in [0.15, 0.2) is 5.13 Å². The third-order valence-corrected chi connectivity index (χ3v) is 3.40. The van der Waals surface area contributed by atoms with Crippen molar-refractivity contribution < 1.29 is 14.3 Å². The number of anilines is 1. The van der Waals surface area contributed by atoms with Crippen LogP contribution in [0.5, 0.6) is 0 Å². The Balaban J connectivity index is 2.28. The molecule has 2 aromatic rings. The van der Waals surface area contributed by atoms with Gasteiger partial charge < -0.3 is 10.1 Å². The van der Waals surface area contributed by atoms with Gasteiger partial charge in [-0.05, 0) is 25.1 Å². The van der Waals surface area contributed by atoms with E-state index >= 15 is 0 Å². The van der Waals surface area contributed by atoms with Crippen LogP contribution < -0.4 is 5.32 Å². The summed E-state index contributed by atoms with van der Waals surface area (Å²) in [5, 5.41) is 3.25. The smallest absolute Gasteiger partial charge is 0.338 e. The van der Waals surface area contributed by atoms with Crippen molar-refractivity contribution in [3.8, 4) is 0 Å². The Kier molecular flexibility index (Phi) is 4.11. The first-order chi connectivity index (χ1) is 9.13. The molecule has 1 amide bonds. The van der Waals surface area contributed by atoms with Gasteiger partial charge in [0.25, 0.3) is 0 Å². The highest BCUT2D eigenvalue weighted by Gasteiger charge is 2.11. The highest BCUT2D eigenvalue weighted by molar-refractivity contribution is 7.22. The van der Waals surface area contributed by atoms with E-state index in [0.29, 0.717) is 23.7 Å². The topological polar surface area (TPSA) is 68.3 Å². The van der Waals surface area contributed by atoms with Gasteiger partial charge in [-0.15, -0.1) is 0 Å². The van der Waals surface area contributed by atoms with Gasteiger partial charge in [0, 0.05) is 6.42 Å². The molecule has 1 heterocycles.